The molecule has 4 aromatic rings. The van der Waals surface area contributed by atoms with Crippen molar-refractivity contribution < 1.29 is 4.74 Å². The first-order valence-corrected chi connectivity index (χ1v) is 12.5. The third-order valence-electron chi connectivity index (χ3n) is 6.27. The molecule has 0 bridgehead atoms. The minimum atomic E-state index is 0.836. The number of anilines is 3. The summed E-state index contributed by atoms with van der Waals surface area (Å²) < 4.78 is 6.29. The van der Waals surface area contributed by atoms with Crippen LogP contribution in [0.4, 0.5) is 17.2 Å². The predicted molar refractivity (Wildman–Crippen MR) is 143 cm³/mol. The molecule has 174 valence electrons. The average molecular weight is 472 g/mol. The summed E-state index contributed by atoms with van der Waals surface area (Å²) in [7, 11) is 1.68. The molecule has 0 aliphatic carbocycles. The number of rotatable bonds is 7. The second-order valence-electron chi connectivity index (χ2n) is 8.29. The van der Waals surface area contributed by atoms with Gasteiger partial charge in [0.25, 0.3) is 0 Å². The quantitative estimate of drug-likeness (QED) is 0.370. The van der Waals surface area contributed by atoms with Gasteiger partial charge in [0.1, 0.15) is 12.1 Å². The Morgan fingerprint density at radius 3 is 2.44 bits per heavy atom. The number of hydrogen-bond acceptors (Lipinski definition) is 7. The number of likely N-dealkylation sites (N-methyl/N-ethyl adjacent to an activating group) is 1. The highest BCUT2D eigenvalue weighted by Gasteiger charge is 2.16. The molecule has 1 aliphatic heterocycles. The normalized spacial score (nSPS) is 14.7. The maximum Gasteiger partial charge on any atom is 0.151 e. The number of hydrogen-bond donors (Lipinski definition) is 1. The Balaban J connectivity index is 1.30. The standard InChI is InChI=1S/C27H29N5OS/c1-3-31-14-16-32(17-15-31)23-10-8-22(9-11-23)30-27-26-25(28-19-29-27)21(18-34-26)7-4-20-5-12-24(33-2)13-6-20/h4-13,18-19H,3,14-17H2,1-2H3,(H,28,29,30)/b7-4+. The molecule has 5 rings (SSSR count). The average Bonchev–Trinajstić information content (AvgIpc) is 3.32. The minimum Gasteiger partial charge on any atom is -0.497 e. The molecule has 0 spiro atoms. The lowest BCUT2D eigenvalue weighted by Crippen LogP contribution is -2.46. The zero-order valence-electron chi connectivity index (χ0n) is 19.6. The molecule has 0 amide bonds. The summed E-state index contributed by atoms with van der Waals surface area (Å²) in [6.45, 7) is 7.77. The van der Waals surface area contributed by atoms with Gasteiger partial charge in [0.2, 0.25) is 0 Å². The van der Waals surface area contributed by atoms with Crippen molar-refractivity contribution in [3.05, 3.63) is 71.4 Å². The van der Waals surface area contributed by atoms with Crippen LogP contribution in [0.25, 0.3) is 22.4 Å². The largest absolute Gasteiger partial charge is 0.497 e. The molecule has 3 heterocycles. The molecule has 7 heteroatoms. The zero-order chi connectivity index (χ0) is 23.3. The minimum absolute atomic E-state index is 0.836. The van der Waals surface area contributed by atoms with Crippen LogP contribution in [0, 0.1) is 0 Å². The Hall–Kier alpha value is -3.42. The third kappa shape index (κ3) is 4.90. The lowest BCUT2D eigenvalue weighted by atomic mass is 10.1. The lowest BCUT2D eigenvalue weighted by molar-refractivity contribution is 0.271. The predicted octanol–water partition coefficient (Wildman–Crippen LogP) is 5.76. The van der Waals surface area contributed by atoms with Crippen molar-refractivity contribution in [2.24, 2.45) is 0 Å². The van der Waals surface area contributed by atoms with Crippen LogP contribution in [0.2, 0.25) is 0 Å². The van der Waals surface area contributed by atoms with E-state index in [1.165, 1.54) is 5.69 Å². The summed E-state index contributed by atoms with van der Waals surface area (Å²) in [5.74, 6) is 1.69. The van der Waals surface area contributed by atoms with Gasteiger partial charge in [-0.05, 0) is 48.5 Å². The van der Waals surface area contributed by atoms with E-state index < -0.39 is 0 Å². The highest BCUT2D eigenvalue weighted by atomic mass is 32.1. The van der Waals surface area contributed by atoms with Crippen molar-refractivity contribution in [2.75, 3.05) is 50.1 Å². The monoisotopic (exact) mass is 471 g/mol. The van der Waals surface area contributed by atoms with Gasteiger partial charge in [-0.2, -0.15) is 0 Å². The smallest absolute Gasteiger partial charge is 0.151 e. The number of ether oxygens (including phenoxy) is 1. The molecule has 1 N–H and O–H groups in total. The molecule has 0 radical (unpaired) electrons. The Kier molecular flexibility index (Phi) is 6.74. The Bertz CT molecular complexity index is 1260. The van der Waals surface area contributed by atoms with E-state index in [2.05, 4.69) is 73.8 Å². The number of methoxy groups -OCH3 is 1. The van der Waals surface area contributed by atoms with Crippen LogP contribution < -0.4 is 15.0 Å². The maximum absolute atomic E-state index is 5.23. The summed E-state index contributed by atoms with van der Waals surface area (Å²) in [6, 6.07) is 16.7. The summed E-state index contributed by atoms with van der Waals surface area (Å²) in [6.07, 6.45) is 5.82. The van der Waals surface area contributed by atoms with Gasteiger partial charge in [0, 0.05) is 48.5 Å². The van der Waals surface area contributed by atoms with E-state index in [1.807, 2.05) is 24.3 Å². The number of fused-ring (bicyclic) bond motifs is 1. The number of thiophene rings is 1. The maximum atomic E-state index is 5.23. The van der Waals surface area contributed by atoms with Crippen LogP contribution in [-0.4, -0.2) is 54.7 Å². The van der Waals surface area contributed by atoms with Gasteiger partial charge in [-0.3, -0.25) is 0 Å². The second kappa shape index (κ2) is 10.2. The molecule has 1 aliphatic rings. The van der Waals surface area contributed by atoms with Crippen molar-refractivity contribution in [3.8, 4) is 5.75 Å². The molecule has 2 aromatic carbocycles. The van der Waals surface area contributed by atoms with Crippen molar-refractivity contribution in [2.45, 2.75) is 6.92 Å². The first-order valence-electron chi connectivity index (χ1n) is 11.6. The van der Waals surface area contributed by atoms with Crippen molar-refractivity contribution >= 4 is 50.9 Å². The number of nitrogens with zero attached hydrogens (tertiary/aromatic N) is 4. The van der Waals surface area contributed by atoms with E-state index in [0.29, 0.717) is 0 Å². The summed E-state index contributed by atoms with van der Waals surface area (Å²) in [4.78, 5) is 14.0. The third-order valence-corrected chi connectivity index (χ3v) is 7.26. The van der Waals surface area contributed by atoms with E-state index in [9.17, 15) is 0 Å². The second-order valence-corrected chi connectivity index (χ2v) is 9.17. The highest BCUT2D eigenvalue weighted by Crippen LogP contribution is 2.32. The fraction of sp³-hybridized carbons (Fsp3) is 0.259. The summed E-state index contributed by atoms with van der Waals surface area (Å²) in [5, 5.41) is 5.62. The number of piperazine rings is 1. The summed E-state index contributed by atoms with van der Waals surface area (Å²) >= 11 is 1.66. The van der Waals surface area contributed by atoms with Crippen LogP contribution in [0.1, 0.15) is 18.1 Å². The Labute approximate surface area is 204 Å². The lowest BCUT2D eigenvalue weighted by Gasteiger charge is -2.35. The van der Waals surface area contributed by atoms with Crippen molar-refractivity contribution in [3.63, 3.8) is 0 Å². The molecule has 0 atom stereocenters. The fourth-order valence-electron chi connectivity index (χ4n) is 4.19. The van der Waals surface area contributed by atoms with Crippen LogP contribution in [0.3, 0.4) is 0 Å². The fourth-order valence-corrected chi connectivity index (χ4v) is 5.12. The van der Waals surface area contributed by atoms with Gasteiger partial charge in [0.15, 0.2) is 5.82 Å². The molecule has 0 saturated carbocycles. The summed E-state index contributed by atoms with van der Waals surface area (Å²) in [5.41, 5.74) is 5.46. The molecular weight excluding hydrogens is 442 g/mol. The van der Waals surface area contributed by atoms with Crippen LogP contribution in [0.5, 0.6) is 5.75 Å². The molecule has 1 fully saturated rings. The topological polar surface area (TPSA) is 53.5 Å². The Morgan fingerprint density at radius 2 is 1.74 bits per heavy atom. The number of aromatic nitrogens is 2. The van der Waals surface area contributed by atoms with Gasteiger partial charge in [-0.15, -0.1) is 11.3 Å². The number of benzene rings is 2. The van der Waals surface area contributed by atoms with Gasteiger partial charge in [0.05, 0.1) is 17.3 Å². The first-order chi connectivity index (χ1) is 16.7. The van der Waals surface area contributed by atoms with Gasteiger partial charge >= 0.3 is 0 Å². The van der Waals surface area contributed by atoms with Crippen LogP contribution >= 0.6 is 11.3 Å². The molecule has 0 unspecified atom stereocenters. The van der Waals surface area contributed by atoms with Crippen LogP contribution in [0.15, 0.2) is 60.2 Å². The van der Waals surface area contributed by atoms with Gasteiger partial charge < -0.3 is 19.9 Å². The van der Waals surface area contributed by atoms with E-state index in [4.69, 9.17) is 4.74 Å². The highest BCUT2D eigenvalue weighted by molar-refractivity contribution is 7.18. The molecular formula is C27H29N5OS. The van der Waals surface area contributed by atoms with E-state index in [0.717, 1.165) is 71.3 Å². The molecule has 6 nitrogen and oxygen atoms in total. The number of nitrogens with one attached hydrogen (secondary N) is 1. The SMILES string of the molecule is CCN1CCN(c2ccc(Nc3ncnc4c(/C=C/c5ccc(OC)cc5)csc34)cc2)CC1. The van der Waals surface area contributed by atoms with E-state index in [-0.39, 0.29) is 0 Å². The van der Waals surface area contributed by atoms with Gasteiger partial charge in [-0.1, -0.05) is 31.2 Å². The van der Waals surface area contributed by atoms with E-state index in [1.54, 1.807) is 24.8 Å². The zero-order valence-corrected chi connectivity index (χ0v) is 20.4. The van der Waals surface area contributed by atoms with Crippen molar-refractivity contribution in [1.82, 2.24) is 14.9 Å². The van der Waals surface area contributed by atoms with Crippen molar-refractivity contribution in [1.29, 1.82) is 0 Å². The van der Waals surface area contributed by atoms with Gasteiger partial charge in [-0.25, -0.2) is 9.97 Å². The Morgan fingerprint density at radius 1 is 0.971 bits per heavy atom. The van der Waals surface area contributed by atoms with Crippen LogP contribution in [-0.2, 0) is 0 Å². The van der Waals surface area contributed by atoms with E-state index >= 15 is 0 Å². The molecule has 2 aromatic heterocycles. The molecule has 34 heavy (non-hydrogen) atoms. The molecule has 1 saturated heterocycles. The first kappa shape index (κ1) is 22.4.